The number of rotatable bonds is 3. The number of ether oxygens (including phenoxy) is 1. The third-order valence-electron chi connectivity index (χ3n) is 9.66. The van der Waals surface area contributed by atoms with E-state index in [9.17, 15) is 26.7 Å². The van der Waals surface area contributed by atoms with Crippen molar-refractivity contribution in [1.82, 2.24) is 24.8 Å². The molecule has 2 amide bonds. The SMILES string of the molecule is COc1nc(N2CC3CCC(C2)N3C(N)=O)c2cc(C(F)(F)F)c(-c3ccc(F)c4sc(N)nc34)c(F)c2n1.FC1CC2CCCN2C1. The smallest absolute Gasteiger partial charge is 0.417 e. The van der Waals surface area contributed by atoms with Crippen LogP contribution in [0.1, 0.15) is 37.7 Å². The Kier molecular flexibility index (Phi) is 8.17. The molecule has 8 rings (SSSR count). The lowest BCUT2D eigenvalue weighted by Gasteiger charge is -2.41. The van der Waals surface area contributed by atoms with Gasteiger partial charge in [0, 0.05) is 42.2 Å². The Balaban J connectivity index is 0.000000347. The number of halogens is 6. The lowest BCUT2D eigenvalue weighted by molar-refractivity contribution is -0.137. The standard InChI is InChI=1S/C24H20F5N7O2S.C7H12FN/c1-38-23-33-17-12(20(34-23)35-7-9-2-3-10(8-35)36(9)22(31)37)6-13(24(27,28)29)15(16(17)26)11-4-5-14(25)19-18(11)32-21(30)39-19;8-6-4-7-2-1-3-9(7)5-6/h4-6,9-10H,2-3,7-8H2,1H3,(H2,30,32)(H2,31,37);6-7H,1-5H2. The molecule has 4 unspecified atom stereocenters. The van der Waals surface area contributed by atoms with Crippen molar-refractivity contribution in [3.63, 3.8) is 0 Å². The zero-order valence-electron chi connectivity index (χ0n) is 25.7. The van der Waals surface area contributed by atoms with E-state index in [0.717, 1.165) is 42.5 Å². The molecule has 6 heterocycles. The molecule has 10 nitrogen and oxygen atoms in total. The van der Waals surface area contributed by atoms with Crippen molar-refractivity contribution >= 4 is 49.4 Å². The van der Waals surface area contributed by atoms with Crippen molar-refractivity contribution < 1.29 is 35.9 Å². The van der Waals surface area contributed by atoms with Gasteiger partial charge >= 0.3 is 18.2 Å². The van der Waals surface area contributed by atoms with Gasteiger partial charge in [0.1, 0.15) is 23.3 Å². The van der Waals surface area contributed by atoms with Gasteiger partial charge in [0.15, 0.2) is 10.9 Å². The quantitative estimate of drug-likeness (QED) is 0.261. The highest BCUT2D eigenvalue weighted by Gasteiger charge is 2.44. The fraction of sp³-hybridized carbons (Fsp3) is 0.484. The van der Waals surface area contributed by atoms with E-state index in [1.54, 1.807) is 9.80 Å². The number of anilines is 2. The summed E-state index contributed by atoms with van der Waals surface area (Å²) in [5, 5.41) is -0.269. The van der Waals surface area contributed by atoms with Crippen molar-refractivity contribution in [2.75, 3.05) is 43.9 Å². The summed E-state index contributed by atoms with van der Waals surface area (Å²) in [5.41, 5.74) is 8.21. The maximum Gasteiger partial charge on any atom is 0.417 e. The van der Waals surface area contributed by atoms with Gasteiger partial charge in [0.05, 0.1) is 35.0 Å². The van der Waals surface area contributed by atoms with Crippen LogP contribution in [-0.4, -0.2) is 88.4 Å². The third-order valence-corrected chi connectivity index (χ3v) is 10.5. The molecule has 2 aromatic heterocycles. The second-order valence-electron chi connectivity index (χ2n) is 12.5. The number of urea groups is 1. The summed E-state index contributed by atoms with van der Waals surface area (Å²) in [6.07, 6.45) is -0.872. The maximum absolute atomic E-state index is 16.3. The Bertz CT molecular complexity index is 1880. The molecule has 0 spiro atoms. The number of piperazine rings is 1. The van der Waals surface area contributed by atoms with Crippen molar-refractivity contribution in [1.29, 1.82) is 0 Å². The van der Waals surface area contributed by atoms with Crippen LogP contribution in [0, 0.1) is 11.6 Å². The number of primary amides is 1. The average Bonchev–Trinajstić information content (AvgIpc) is 3.79. The molecule has 0 radical (unpaired) electrons. The van der Waals surface area contributed by atoms with E-state index < -0.39 is 46.7 Å². The van der Waals surface area contributed by atoms with Gasteiger partial charge < -0.3 is 26.0 Å². The third kappa shape index (κ3) is 5.59. The summed E-state index contributed by atoms with van der Waals surface area (Å²) >= 11 is 0.745. The van der Waals surface area contributed by atoms with Crippen LogP contribution in [0.3, 0.4) is 0 Å². The van der Waals surface area contributed by atoms with Gasteiger partial charge in [-0.1, -0.05) is 11.3 Å². The summed E-state index contributed by atoms with van der Waals surface area (Å²) in [5.74, 6) is -2.00. The Hall–Kier alpha value is -4.12. The molecule has 4 saturated heterocycles. The molecule has 0 saturated carbocycles. The van der Waals surface area contributed by atoms with Gasteiger partial charge in [0.2, 0.25) is 0 Å². The first-order chi connectivity index (χ1) is 22.8. The van der Waals surface area contributed by atoms with Gasteiger partial charge in [-0.15, -0.1) is 0 Å². The molecular formula is C31H32F6N8O2S. The number of methoxy groups -OCH3 is 1. The molecule has 4 aromatic rings. The van der Waals surface area contributed by atoms with Crippen LogP contribution < -0.4 is 21.1 Å². The van der Waals surface area contributed by atoms with Crippen LogP contribution in [-0.2, 0) is 6.18 Å². The van der Waals surface area contributed by atoms with E-state index in [4.69, 9.17) is 16.2 Å². The van der Waals surface area contributed by atoms with Crippen molar-refractivity contribution in [3.05, 3.63) is 35.4 Å². The highest BCUT2D eigenvalue weighted by molar-refractivity contribution is 7.22. The normalized spacial score (nSPS) is 23.9. The van der Waals surface area contributed by atoms with E-state index in [-0.39, 0.29) is 63.3 Å². The number of nitrogen functional groups attached to an aromatic ring is 1. The molecule has 48 heavy (non-hydrogen) atoms. The van der Waals surface area contributed by atoms with Gasteiger partial charge in [-0.2, -0.15) is 23.1 Å². The highest BCUT2D eigenvalue weighted by atomic mass is 32.1. The Morgan fingerprint density at radius 2 is 1.75 bits per heavy atom. The van der Waals surface area contributed by atoms with Crippen LogP contribution in [0.4, 0.5) is 42.1 Å². The average molecular weight is 695 g/mol. The predicted molar refractivity (Wildman–Crippen MR) is 169 cm³/mol. The van der Waals surface area contributed by atoms with Crippen LogP contribution in [0.2, 0.25) is 0 Å². The molecule has 0 aliphatic carbocycles. The Labute approximate surface area is 274 Å². The minimum Gasteiger partial charge on any atom is -0.467 e. The number of carbonyl (C=O) groups excluding carboxylic acids is 1. The number of carbonyl (C=O) groups is 1. The number of alkyl halides is 4. The van der Waals surface area contributed by atoms with E-state index >= 15 is 4.39 Å². The Morgan fingerprint density at radius 3 is 2.40 bits per heavy atom. The van der Waals surface area contributed by atoms with E-state index in [1.165, 1.54) is 20.0 Å². The fourth-order valence-electron chi connectivity index (χ4n) is 7.67. The van der Waals surface area contributed by atoms with Crippen molar-refractivity contribution in [2.24, 2.45) is 5.73 Å². The van der Waals surface area contributed by atoms with Crippen LogP contribution >= 0.6 is 11.3 Å². The number of hydrogen-bond acceptors (Lipinski definition) is 9. The van der Waals surface area contributed by atoms with Gasteiger partial charge in [-0.25, -0.2) is 22.9 Å². The number of hydrogen-bond donors (Lipinski definition) is 2. The minimum absolute atomic E-state index is 0.0379. The second kappa shape index (κ2) is 12.1. The lowest BCUT2D eigenvalue weighted by atomic mass is 9.95. The molecule has 2 aromatic carbocycles. The zero-order valence-corrected chi connectivity index (χ0v) is 26.6. The number of amides is 2. The number of thiazole rings is 1. The maximum atomic E-state index is 16.3. The summed E-state index contributed by atoms with van der Waals surface area (Å²) in [6.45, 7) is 2.32. The van der Waals surface area contributed by atoms with Crippen molar-refractivity contribution in [3.8, 4) is 17.1 Å². The monoisotopic (exact) mass is 694 g/mol. The molecule has 256 valence electrons. The first-order valence-electron chi connectivity index (χ1n) is 15.5. The predicted octanol–water partition coefficient (Wildman–Crippen LogP) is 5.72. The fourth-order valence-corrected chi connectivity index (χ4v) is 8.43. The van der Waals surface area contributed by atoms with E-state index in [0.29, 0.717) is 25.4 Å². The summed E-state index contributed by atoms with van der Waals surface area (Å²) in [4.78, 5) is 29.8. The number of fused-ring (bicyclic) bond motifs is 5. The molecule has 4 aliphatic heterocycles. The summed E-state index contributed by atoms with van der Waals surface area (Å²) < 4.78 is 91.9. The summed E-state index contributed by atoms with van der Waals surface area (Å²) in [6, 6.07) is 2.01. The van der Waals surface area contributed by atoms with Gasteiger partial charge in [-0.3, -0.25) is 4.90 Å². The zero-order chi connectivity index (χ0) is 34.1. The van der Waals surface area contributed by atoms with E-state index in [2.05, 4.69) is 19.9 Å². The first kappa shape index (κ1) is 32.4. The largest absolute Gasteiger partial charge is 0.467 e. The molecule has 4 N–H and O–H groups in total. The molecule has 4 aliphatic rings. The molecular weight excluding hydrogens is 662 g/mol. The molecule has 17 heteroatoms. The highest BCUT2D eigenvalue weighted by Crippen LogP contribution is 2.46. The van der Waals surface area contributed by atoms with Gasteiger partial charge in [-0.05, 0) is 56.8 Å². The minimum atomic E-state index is -5.01. The lowest BCUT2D eigenvalue weighted by Crippen LogP contribution is -2.57. The number of benzene rings is 2. The van der Waals surface area contributed by atoms with Crippen LogP contribution in [0.5, 0.6) is 6.01 Å². The second-order valence-corrected chi connectivity index (χ2v) is 13.6. The van der Waals surface area contributed by atoms with Crippen LogP contribution in [0.25, 0.3) is 32.2 Å². The van der Waals surface area contributed by atoms with Crippen LogP contribution in [0.15, 0.2) is 18.2 Å². The number of nitrogens with two attached hydrogens (primary N) is 2. The first-order valence-corrected chi connectivity index (χ1v) is 16.4. The molecule has 4 atom stereocenters. The van der Waals surface area contributed by atoms with Crippen molar-refractivity contribution in [2.45, 2.75) is 62.6 Å². The topological polar surface area (TPSA) is 127 Å². The summed E-state index contributed by atoms with van der Waals surface area (Å²) in [7, 11) is 1.25. The number of nitrogens with zero attached hydrogens (tertiary/aromatic N) is 6. The Morgan fingerprint density at radius 1 is 1.02 bits per heavy atom. The number of aromatic nitrogens is 3. The molecule has 2 bridgehead atoms. The van der Waals surface area contributed by atoms with Gasteiger partial charge in [0.25, 0.3) is 0 Å². The van der Waals surface area contributed by atoms with E-state index in [1.807, 2.05) is 0 Å². The molecule has 4 fully saturated rings.